The highest BCUT2D eigenvalue weighted by molar-refractivity contribution is 5.94. The molecule has 2 aliphatic heterocycles. The monoisotopic (exact) mass is 494 g/mol. The first-order valence-corrected chi connectivity index (χ1v) is 12.8. The first-order chi connectivity index (χ1) is 17.2. The minimum atomic E-state index is -0.516. The van der Waals surface area contributed by atoms with Gasteiger partial charge in [-0.05, 0) is 62.9 Å². The van der Waals surface area contributed by atoms with Crippen molar-refractivity contribution in [3.8, 4) is 0 Å². The summed E-state index contributed by atoms with van der Waals surface area (Å²) in [6, 6.07) is 15.9. The number of rotatable bonds is 6. The fourth-order valence-electron chi connectivity index (χ4n) is 4.75. The quantitative estimate of drug-likeness (QED) is 0.483. The number of ether oxygens (including phenoxy) is 1. The molecule has 2 heterocycles. The fraction of sp³-hybridized carbons (Fsp3) is 0.500. The van der Waals surface area contributed by atoms with Crippen LogP contribution >= 0.6 is 0 Å². The average molecular weight is 495 g/mol. The van der Waals surface area contributed by atoms with Gasteiger partial charge < -0.3 is 14.5 Å². The summed E-state index contributed by atoms with van der Waals surface area (Å²) >= 11 is 0. The molecule has 2 amide bonds. The fourth-order valence-corrected chi connectivity index (χ4v) is 4.75. The van der Waals surface area contributed by atoms with E-state index in [1.165, 1.54) is 11.1 Å². The third kappa shape index (κ3) is 6.77. The van der Waals surface area contributed by atoms with Gasteiger partial charge in [-0.15, -0.1) is 0 Å². The number of nitrogens with zero attached hydrogens (tertiary/aromatic N) is 4. The molecule has 0 bridgehead atoms. The Bertz CT molecular complexity index is 1060. The predicted octanol–water partition coefficient (Wildman–Crippen LogP) is 4.02. The third-order valence-corrected chi connectivity index (χ3v) is 6.68. The Morgan fingerprint density at radius 2 is 1.69 bits per heavy atom. The van der Waals surface area contributed by atoms with Gasteiger partial charge in [0.25, 0.3) is 5.91 Å². The molecule has 0 saturated carbocycles. The first-order valence-electron chi connectivity index (χ1n) is 12.8. The van der Waals surface area contributed by atoms with Crippen molar-refractivity contribution in [2.24, 2.45) is 0 Å². The van der Waals surface area contributed by atoms with Gasteiger partial charge in [-0.2, -0.15) is 0 Å². The number of benzene rings is 2. The van der Waals surface area contributed by atoms with E-state index in [-0.39, 0.29) is 12.6 Å². The zero-order valence-corrected chi connectivity index (χ0v) is 21.7. The van der Waals surface area contributed by atoms with E-state index in [2.05, 4.69) is 34.1 Å². The second-order valence-electron chi connectivity index (χ2n) is 10.6. The van der Waals surface area contributed by atoms with Crippen molar-refractivity contribution in [2.75, 3.05) is 50.7 Å². The Morgan fingerprint density at radius 3 is 2.42 bits per heavy atom. The van der Waals surface area contributed by atoms with Crippen LogP contribution in [0.4, 0.5) is 10.5 Å². The molecule has 0 aliphatic carbocycles. The number of fused-ring (bicyclic) bond motifs is 1. The van der Waals surface area contributed by atoms with E-state index < -0.39 is 11.5 Å². The summed E-state index contributed by atoms with van der Waals surface area (Å²) in [6.45, 7) is 11.0. The van der Waals surface area contributed by atoms with E-state index in [0.29, 0.717) is 38.2 Å². The summed E-state index contributed by atoms with van der Waals surface area (Å²) in [5.74, 6) is -0.395. The van der Waals surface area contributed by atoms with E-state index in [4.69, 9.17) is 4.74 Å². The van der Waals surface area contributed by atoms with Gasteiger partial charge >= 0.3 is 6.09 Å². The van der Waals surface area contributed by atoms with Gasteiger partial charge in [0.15, 0.2) is 0 Å². The minimum absolute atomic E-state index is 0.287. The van der Waals surface area contributed by atoms with Crippen LogP contribution in [-0.2, 0) is 17.7 Å². The van der Waals surface area contributed by atoms with Crippen molar-refractivity contribution in [2.45, 2.75) is 45.8 Å². The van der Waals surface area contributed by atoms with Crippen LogP contribution in [0.5, 0.6) is 0 Å². The van der Waals surface area contributed by atoms with Crippen molar-refractivity contribution >= 4 is 17.7 Å². The summed E-state index contributed by atoms with van der Waals surface area (Å²) in [5, 5.41) is 11.3. The molecule has 2 aromatic rings. The summed E-state index contributed by atoms with van der Waals surface area (Å²) in [7, 11) is 0. The number of piperazine rings is 1. The van der Waals surface area contributed by atoms with Crippen LogP contribution in [0, 0.1) is 0 Å². The lowest BCUT2D eigenvalue weighted by Crippen LogP contribution is -2.50. The summed E-state index contributed by atoms with van der Waals surface area (Å²) < 4.78 is 5.47. The Morgan fingerprint density at radius 1 is 0.972 bits per heavy atom. The van der Waals surface area contributed by atoms with Crippen LogP contribution in [0.2, 0.25) is 0 Å². The lowest BCUT2D eigenvalue weighted by molar-refractivity contribution is -0.0597. The van der Waals surface area contributed by atoms with E-state index in [1.54, 1.807) is 11.0 Å². The molecular formula is C28H38N4O4. The lowest BCUT2D eigenvalue weighted by atomic mass is 10.00. The molecule has 194 valence electrons. The minimum Gasteiger partial charge on any atom is -0.444 e. The second kappa shape index (κ2) is 11.3. The molecular weight excluding hydrogens is 456 g/mol. The van der Waals surface area contributed by atoms with Crippen LogP contribution in [0.15, 0.2) is 48.5 Å². The molecule has 1 N–H and O–H groups in total. The van der Waals surface area contributed by atoms with Crippen LogP contribution in [0.1, 0.15) is 48.7 Å². The highest BCUT2D eigenvalue weighted by Crippen LogP contribution is 2.21. The molecule has 0 spiro atoms. The zero-order chi connectivity index (χ0) is 25.7. The van der Waals surface area contributed by atoms with Crippen molar-refractivity contribution in [3.05, 3.63) is 65.2 Å². The number of hydroxylamine groups is 2. The second-order valence-corrected chi connectivity index (χ2v) is 10.6. The number of carbonyl (C=O) groups is 2. The zero-order valence-electron chi connectivity index (χ0n) is 21.7. The van der Waals surface area contributed by atoms with Crippen LogP contribution in [-0.4, -0.2) is 83.5 Å². The van der Waals surface area contributed by atoms with E-state index in [0.717, 1.165) is 36.8 Å². The van der Waals surface area contributed by atoms with Gasteiger partial charge in [0.05, 0.1) is 0 Å². The molecule has 8 nitrogen and oxygen atoms in total. The van der Waals surface area contributed by atoms with E-state index >= 15 is 0 Å². The molecule has 0 aromatic heterocycles. The standard InChI is InChI=1S/C28H38N4O4/c1-28(2,3)36-27(34)31-18-16-30(17-19-31)25-11-6-10-23(20-25)26(33)32(35)14-7-13-29-15-12-22-8-4-5-9-24(22)21-29/h4-6,8-11,20,35H,7,12-19,21H2,1-3H3. The average Bonchev–Trinajstić information content (AvgIpc) is 2.87. The normalized spacial score (nSPS) is 16.4. The Balaban J connectivity index is 1.25. The maximum atomic E-state index is 12.9. The van der Waals surface area contributed by atoms with E-state index in [1.807, 2.05) is 39.0 Å². The van der Waals surface area contributed by atoms with Crippen molar-refractivity contribution in [1.82, 2.24) is 14.9 Å². The highest BCUT2D eigenvalue weighted by Gasteiger charge is 2.26. The van der Waals surface area contributed by atoms with Gasteiger partial charge in [0.1, 0.15) is 5.60 Å². The molecule has 1 fully saturated rings. The van der Waals surface area contributed by atoms with Crippen LogP contribution < -0.4 is 4.90 Å². The maximum absolute atomic E-state index is 12.9. The number of anilines is 1. The molecule has 8 heteroatoms. The molecule has 2 aromatic carbocycles. The maximum Gasteiger partial charge on any atom is 0.410 e. The molecule has 1 saturated heterocycles. The topological polar surface area (TPSA) is 76.6 Å². The molecule has 0 radical (unpaired) electrons. The van der Waals surface area contributed by atoms with Gasteiger partial charge in [-0.3, -0.25) is 14.9 Å². The highest BCUT2D eigenvalue weighted by atomic mass is 16.6. The summed E-state index contributed by atoms with van der Waals surface area (Å²) in [4.78, 5) is 31.4. The number of hydrogen-bond acceptors (Lipinski definition) is 6. The molecule has 0 unspecified atom stereocenters. The molecule has 4 rings (SSSR count). The summed E-state index contributed by atoms with van der Waals surface area (Å²) in [5.41, 5.74) is 3.63. The van der Waals surface area contributed by atoms with Gasteiger partial charge in [-0.1, -0.05) is 30.3 Å². The Hall–Kier alpha value is -3.10. The Kier molecular flexibility index (Phi) is 8.16. The van der Waals surface area contributed by atoms with Crippen molar-refractivity contribution in [1.29, 1.82) is 0 Å². The number of carbonyl (C=O) groups excluding carboxylic acids is 2. The van der Waals surface area contributed by atoms with Crippen molar-refractivity contribution < 1.29 is 19.5 Å². The van der Waals surface area contributed by atoms with Crippen LogP contribution in [0.3, 0.4) is 0 Å². The van der Waals surface area contributed by atoms with Gasteiger partial charge in [-0.25, -0.2) is 9.86 Å². The number of amides is 2. The third-order valence-electron chi connectivity index (χ3n) is 6.68. The molecule has 36 heavy (non-hydrogen) atoms. The Labute approximate surface area is 214 Å². The van der Waals surface area contributed by atoms with Gasteiger partial charge in [0, 0.05) is 63.6 Å². The first kappa shape index (κ1) is 26.0. The largest absolute Gasteiger partial charge is 0.444 e. The molecule has 0 atom stereocenters. The predicted molar refractivity (Wildman–Crippen MR) is 139 cm³/mol. The summed E-state index contributed by atoms with van der Waals surface area (Å²) in [6.07, 6.45) is 1.45. The SMILES string of the molecule is CC(C)(C)OC(=O)N1CCN(c2cccc(C(=O)N(O)CCCN3CCc4ccccc4C3)c2)CC1. The van der Waals surface area contributed by atoms with E-state index in [9.17, 15) is 14.8 Å². The molecule has 2 aliphatic rings. The lowest BCUT2D eigenvalue weighted by Gasteiger charge is -2.36. The van der Waals surface area contributed by atoms with Crippen molar-refractivity contribution in [3.63, 3.8) is 0 Å². The van der Waals surface area contributed by atoms with Crippen LogP contribution in [0.25, 0.3) is 0 Å². The van der Waals surface area contributed by atoms with Gasteiger partial charge in [0.2, 0.25) is 0 Å². The smallest absolute Gasteiger partial charge is 0.410 e. The number of hydrogen-bond donors (Lipinski definition) is 1.